The van der Waals surface area contributed by atoms with Crippen LogP contribution < -0.4 is 11.1 Å². The summed E-state index contributed by atoms with van der Waals surface area (Å²) < 4.78 is 0. The molecule has 0 aliphatic carbocycles. The Morgan fingerprint density at radius 2 is 2.00 bits per heavy atom. The highest BCUT2D eigenvalue weighted by Crippen LogP contribution is 2.29. The van der Waals surface area contributed by atoms with E-state index < -0.39 is 11.1 Å². The standard InChI is InChI=1S/C8H18N2O/c1-6(2)7(3,9)8(11)4-10-5-8/h6,10-11H,4-5,9H2,1-3H3. The van der Waals surface area contributed by atoms with Crippen molar-refractivity contribution in [2.75, 3.05) is 13.1 Å². The van der Waals surface area contributed by atoms with Crippen LogP contribution >= 0.6 is 0 Å². The first-order valence-electron chi connectivity index (χ1n) is 4.12. The van der Waals surface area contributed by atoms with E-state index in [1.165, 1.54) is 0 Å². The molecule has 3 nitrogen and oxygen atoms in total. The molecule has 0 aromatic heterocycles. The fourth-order valence-corrected chi connectivity index (χ4v) is 1.28. The zero-order chi connectivity index (χ0) is 8.70. The van der Waals surface area contributed by atoms with Gasteiger partial charge in [0.25, 0.3) is 0 Å². The third kappa shape index (κ3) is 1.17. The first kappa shape index (κ1) is 8.97. The second-order valence-corrected chi connectivity index (χ2v) is 4.07. The van der Waals surface area contributed by atoms with Crippen molar-refractivity contribution in [3.63, 3.8) is 0 Å². The molecule has 1 unspecified atom stereocenters. The number of aliphatic hydroxyl groups is 1. The van der Waals surface area contributed by atoms with Crippen LogP contribution in [0.2, 0.25) is 0 Å². The SMILES string of the molecule is CC(C)C(C)(N)C1(O)CNC1. The Hall–Kier alpha value is -0.120. The monoisotopic (exact) mass is 158 g/mol. The predicted molar refractivity (Wildman–Crippen MR) is 45.2 cm³/mol. The van der Waals surface area contributed by atoms with Gasteiger partial charge in [0.1, 0.15) is 5.60 Å². The number of nitrogens with one attached hydrogen (secondary N) is 1. The maximum Gasteiger partial charge on any atom is 0.107 e. The summed E-state index contributed by atoms with van der Waals surface area (Å²) in [4.78, 5) is 0. The van der Waals surface area contributed by atoms with Crippen molar-refractivity contribution in [1.82, 2.24) is 5.32 Å². The summed E-state index contributed by atoms with van der Waals surface area (Å²) in [6.07, 6.45) is 0. The van der Waals surface area contributed by atoms with E-state index >= 15 is 0 Å². The second-order valence-electron chi connectivity index (χ2n) is 4.07. The van der Waals surface area contributed by atoms with Crippen molar-refractivity contribution in [1.29, 1.82) is 0 Å². The third-order valence-electron chi connectivity index (χ3n) is 3.04. The summed E-state index contributed by atoms with van der Waals surface area (Å²) in [6, 6.07) is 0. The van der Waals surface area contributed by atoms with Gasteiger partial charge < -0.3 is 16.2 Å². The van der Waals surface area contributed by atoms with Crippen LogP contribution in [0.1, 0.15) is 20.8 Å². The topological polar surface area (TPSA) is 58.3 Å². The van der Waals surface area contributed by atoms with Crippen molar-refractivity contribution >= 4 is 0 Å². The van der Waals surface area contributed by atoms with Gasteiger partial charge in [0.2, 0.25) is 0 Å². The van der Waals surface area contributed by atoms with Crippen molar-refractivity contribution < 1.29 is 5.11 Å². The van der Waals surface area contributed by atoms with Crippen LogP contribution in [0.3, 0.4) is 0 Å². The molecule has 66 valence electrons. The van der Waals surface area contributed by atoms with E-state index in [-0.39, 0.29) is 0 Å². The van der Waals surface area contributed by atoms with Crippen LogP contribution in [0.5, 0.6) is 0 Å². The molecule has 1 aliphatic heterocycles. The number of rotatable bonds is 2. The molecule has 4 N–H and O–H groups in total. The molecule has 0 aromatic carbocycles. The van der Waals surface area contributed by atoms with Crippen LogP contribution in [0.4, 0.5) is 0 Å². The molecule has 3 heteroatoms. The summed E-state index contributed by atoms with van der Waals surface area (Å²) in [5.74, 6) is 0.301. The molecular formula is C8H18N2O. The summed E-state index contributed by atoms with van der Waals surface area (Å²) in [5.41, 5.74) is 4.84. The van der Waals surface area contributed by atoms with Crippen molar-refractivity contribution in [2.24, 2.45) is 11.7 Å². The van der Waals surface area contributed by atoms with Gasteiger partial charge in [-0.05, 0) is 12.8 Å². The van der Waals surface area contributed by atoms with Crippen LogP contribution in [0, 0.1) is 5.92 Å². The first-order chi connectivity index (χ1) is 4.90. The lowest BCUT2D eigenvalue weighted by molar-refractivity contribution is -0.0858. The minimum absolute atomic E-state index is 0.301. The zero-order valence-electron chi connectivity index (χ0n) is 7.52. The van der Waals surface area contributed by atoms with Crippen LogP contribution in [-0.2, 0) is 0 Å². The normalized spacial score (nSPS) is 27.8. The molecule has 1 atom stereocenters. The molecule has 1 aliphatic rings. The molecule has 1 fully saturated rings. The zero-order valence-corrected chi connectivity index (χ0v) is 7.52. The summed E-state index contributed by atoms with van der Waals surface area (Å²) in [5, 5.41) is 13.0. The summed E-state index contributed by atoms with van der Waals surface area (Å²) in [7, 11) is 0. The van der Waals surface area contributed by atoms with E-state index in [4.69, 9.17) is 5.73 Å². The van der Waals surface area contributed by atoms with Gasteiger partial charge in [-0.2, -0.15) is 0 Å². The van der Waals surface area contributed by atoms with Crippen LogP contribution in [-0.4, -0.2) is 29.3 Å². The molecule has 0 bridgehead atoms. The highest BCUT2D eigenvalue weighted by molar-refractivity contribution is 5.10. The summed E-state index contributed by atoms with van der Waals surface area (Å²) >= 11 is 0. The molecule has 11 heavy (non-hydrogen) atoms. The van der Waals surface area contributed by atoms with Gasteiger partial charge in [0.05, 0.1) is 0 Å². The maximum absolute atomic E-state index is 9.92. The van der Waals surface area contributed by atoms with E-state index in [0.717, 1.165) is 0 Å². The van der Waals surface area contributed by atoms with Gasteiger partial charge in [-0.1, -0.05) is 13.8 Å². The highest BCUT2D eigenvalue weighted by Gasteiger charge is 2.50. The quantitative estimate of drug-likeness (QED) is 0.517. The highest BCUT2D eigenvalue weighted by atomic mass is 16.3. The molecule has 0 amide bonds. The first-order valence-corrected chi connectivity index (χ1v) is 4.12. The Bertz CT molecular complexity index is 150. The predicted octanol–water partition coefficient (Wildman–Crippen LogP) is -0.306. The lowest BCUT2D eigenvalue weighted by Crippen LogP contribution is -2.75. The molecule has 1 rings (SSSR count). The van der Waals surface area contributed by atoms with Gasteiger partial charge in [0.15, 0.2) is 0 Å². The molecule has 0 radical (unpaired) electrons. The Morgan fingerprint density at radius 1 is 1.55 bits per heavy atom. The van der Waals surface area contributed by atoms with Gasteiger partial charge in [-0.15, -0.1) is 0 Å². The molecule has 1 heterocycles. The molecule has 0 saturated carbocycles. The number of hydrogen-bond donors (Lipinski definition) is 3. The van der Waals surface area contributed by atoms with E-state index in [9.17, 15) is 5.11 Å². The number of hydrogen-bond acceptors (Lipinski definition) is 3. The van der Waals surface area contributed by atoms with Gasteiger partial charge in [-0.25, -0.2) is 0 Å². The lowest BCUT2D eigenvalue weighted by atomic mass is 9.71. The van der Waals surface area contributed by atoms with E-state index in [2.05, 4.69) is 5.32 Å². The Kier molecular flexibility index (Phi) is 1.99. The van der Waals surface area contributed by atoms with Gasteiger partial charge in [-0.3, -0.25) is 0 Å². The van der Waals surface area contributed by atoms with E-state index in [1.54, 1.807) is 0 Å². The lowest BCUT2D eigenvalue weighted by Gasteiger charge is -2.51. The maximum atomic E-state index is 9.92. The summed E-state index contributed by atoms with van der Waals surface area (Å²) in [6.45, 7) is 7.24. The van der Waals surface area contributed by atoms with Crippen LogP contribution in [0.15, 0.2) is 0 Å². The average molecular weight is 158 g/mol. The number of nitrogens with two attached hydrogens (primary N) is 1. The average Bonchev–Trinajstić information content (AvgIpc) is 1.82. The Labute approximate surface area is 68.0 Å². The number of β-amino-alcohol motifs (C(OH)–C–C–N with tert-alkyl or cyclic N) is 1. The van der Waals surface area contributed by atoms with Gasteiger partial charge in [0, 0.05) is 18.6 Å². The second kappa shape index (κ2) is 2.44. The largest absolute Gasteiger partial charge is 0.385 e. The fourth-order valence-electron chi connectivity index (χ4n) is 1.28. The van der Waals surface area contributed by atoms with E-state index in [1.807, 2.05) is 20.8 Å². The third-order valence-corrected chi connectivity index (χ3v) is 3.04. The Morgan fingerprint density at radius 3 is 2.09 bits per heavy atom. The van der Waals surface area contributed by atoms with Crippen LogP contribution in [0.25, 0.3) is 0 Å². The van der Waals surface area contributed by atoms with Gasteiger partial charge >= 0.3 is 0 Å². The van der Waals surface area contributed by atoms with Crippen molar-refractivity contribution in [3.05, 3.63) is 0 Å². The fraction of sp³-hybridized carbons (Fsp3) is 1.00. The van der Waals surface area contributed by atoms with Crippen molar-refractivity contribution in [3.8, 4) is 0 Å². The molecular weight excluding hydrogens is 140 g/mol. The van der Waals surface area contributed by atoms with E-state index in [0.29, 0.717) is 19.0 Å². The Balaban J connectivity index is 2.70. The minimum Gasteiger partial charge on any atom is -0.385 e. The smallest absolute Gasteiger partial charge is 0.107 e. The molecule has 0 spiro atoms. The van der Waals surface area contributed by atoms with Crippen molar-refractivity contribution in [2.45, 2.75) is 31.9 Å². The molecule has 0 aromatic rings. The minimum atomic E-state index is -0.693. The molecule has 1 saturated heterocycles.